The van der Waals surface area contributed by atoms with Crippen LogP contribution in [0.3, 0.4) is 0 Å². The van der Waals surface area contributed by atoms with Crippen LogP contribution >= 0.6 is 22.9 Å². The number of nitrogens with one attached hydrogen (secondary N) is 2. The summed E-state index contributed by atoms with van der Waals surface area (Å²) < 4.78 is 18.9. The van der Waals surface area contributed by atoms with Crippen LogP contribution in [0.15, 0.2) is 69.8 Å². The molecule has 3 aromatic carbocycles. The molecule has 2 aromatic heterocycles. The smallest absolute Gasteiger partial charge is 0.262 e. The quantitative estimate of drug-likeness (QED) is 0.0649. The third-order valence-electron chi connectivity index (χ3n) is 11.2. The summed E-state index contributed by atoms with van der Waals surface area (Å²) in [6.07, 6.45) is 0.701. The standard InChI is InChI=1S/C45H42ClN9O9S/c1-22-23(2)65-45-38(22)39(25-8-10-26(46)11-9-25)48-32(41-53-50-24(3)54(41)45)20-29(56)7-6-16-47-37(58)21-64-40-34(62-4)18-28(19-35(40)63-5)52-51-27-12-13-30-31(17-27)44(61)55(43(30)60)33-14-15-36(57)49-42(33)59/h8-13,17-19,32-33H,6-7,14-16,20-21H2,1-5H3,(H,47,58)(H,49,57,59). The van der Waals surface area contributed by atoms with Crippen molar-refractivity contribution in [2.75, 3.05) is 27.4 Å². The zero-order chi connectivity index (χ0) is 46.1. The monoisotopic (exact) mass is 919 g/mol. The molecule has 18 nitrogen and oxygen atoms in total. The van der Waals surface area contributed by atoms with Gasteiger partial charge in [0, 0.05) is 59.0 Å². The lowest BCUT2D eigenvalue weighted by Gasteiger charge is -2.27. The first-order chi connectivity index (χ1) is 31.3. The van der Waals surface area contributed by atoms with E-state index >= 15 is 0 Å². The van der Waals surface area contributed by atoms with E-state index in [1.807, 2.05) is 35.8 Å². The first kappa shape index (κ1) is 44.5. The minimum Gasteiger partial charge on any atom is -0.493 e. The first-order valence-electron chi connectivity index (χ1n) is 20.6. The van der Waals surface area contributed by atoms with Crippen LogP contribution in [0.4, 0.5) is 11.4 Å². The fourth-order valence-corrected chi connectivity index (χ4v) is 9.19. The van der Waals surface area contributed by atoms with Gasteiger partial charge in [-0.2, -0.15) is 10.2 Å². The predicted molar refractivity (Wildman–Crippen MR) is 237 cm³/mol. The number of benzene rings is 3. The Morgan fingerprint density at radius 1 is 0.923 bits per heavy atom. The lowest BCUT2D eigenvalue weighted by molar-refractivity contribution is -0.136. The van der Waals surface area contributed by atoms with Crippen LogP contribution in [-0.2, 0) is 19.2 Å². The number of nitrogens with zero attached hydrogens (tertiary/aromatic N) is 7. The number of halogens is 1. The summed E-state index contributed by atoms with van der Waals surface area (Å²) in [5.41, 5.74) is 4.39. The maximum absolute atomic E-state index is 13.5. The molecule has 65 heavy (non-hydrogen) atoms. The molecule has 1 fully saturated rings. The highest BCUT2D eigenvalue weighted by molar-refractivity contribution is 7.15. The molecule has 8 rings (SSSR count). The molecule has 0 bridgehead atoms. The van der Waals surface area contributed by atoms with Gasteiger partial charge in [0.15, 0.2) is 23.9 Å². The third-order valence-corrected chi connectivity index (χ3v) is 12.7. The van der Waals surface area contributed by atoms with Gasteiger partial charge in [-0.3, -0.25) is 48.5 Å². The molecule has 0 radical (unpaired) electrons. The normalized spacial score (nSPS) is 16.7. The van der Waals surface area contributed by atoms with E-state index in [1.165, 1.54) is 44.6 Å². The Morgan fingerprint density at radius 2 is 1.63 bits per heavy atom. The average molecular weight is 920 g/mol. The van der Waals surface area contributed by atoms with Gasteiger partial charge in [0.05, 0.1) is 42.4 Å². The summed E-state index contributed by atoms with van der Waals surface area (Å²) in [7, 11) is 2.81. The van der Waals surface area contributed by atoms with E-state index in [0.717, 1.165) is 37.2 Å². The molecule has 0 spiro atoms. The molecule has 2 unspecified atom stereocenters. The topological polar surface area (TPSA) is 225 Å². The number of thiophene rings is 1. The SMILES string of the molecule is COc1cc(N=Nc2ccc3c(c2)C(=O)N(C2CCC(=O)NC2=O)C3=O)cc(OC)c1OCC(=O)NCCCC(=O)CC1N=C(c2ccc(Cl)cc2)c2c(sc(C)c2C)-n2c(C)nnc21. The summed E-state index contributed by atoms with van der Waals surface area (Å²) >= 11 is 7.87. The summed E-state index contributed by atoms with van der Waals surface area (Å²) in [6, 6.07) is 13.2. The fourth-order valence-electron chi connectivity index (χ4n) is 7.86. The second kappa shape index (κ2) is 18.5. The number of methoxy groups -OCH3 is 2. The number of aliphatic imine (C=N–C) groups is 1. The van der Waals surface area contributed by atoms with Gasteiger partial charge in [0.1, 0.15) is 28.7 Å². The molecular weight excluding hydrogens is 878 g/mol. The molecule has 5 amide bonds. The second-order valence-electron chi connectivity index (χ2n) is 15.4. The van der Waals surface area contributed by atoms with Gasteiger partial charge in [0.2, 0.25) is 17.6 Å². The Kier molecular flexibility index (Phi) is 12.7. The molecule has 5 heterocycles. The highest BCUT2D eigenvalue weighted by Crippen LogP contribution is 2.43. The van der Waals surface area contributed by atoms with Crippen LogP contribution in [0.5, 0.6) is 17.2 Å². The van der Waals surface area contributed by atoms with Crippen molar-refractivity contribution in [1.29, 1.82) is 0 Å². The van der Waals surface area contributed by atoms with Crippen LogP contribution in [0.2, 0.25) is 5.02 Å². The van der Waals surface area contributed by atoms with Crippen LogP contribution in [-0.4, -0.2) is 94.1 Å². The molecule has 334 valence electrons. The van der Waals surface area contributed by atoms with E-state index in [9.17, 15) is 28.8 Å². The van der Waals surface area contributed by atoms with Crippen molar-refractivity contribution < 1.29 is 43.0 Å². The van der Waals surface area contributed by atoms with Crippen molar-refractivity contribution in [3.63, 3.8) is 0 Å². The molecular formula is C45H42ClN9O9S. The van der Waals surface area contributed by atoms with Gasteiger partial charge in [-0.05, 0) is 69.5 Å². The van der Waals surface area contributed by atoms with E-state index < -0.39 is 41.6 Å². The van der Waals surface area contributed by atoms with E-state index in [2.05, 4.69) is 44.9 Å². The highest BCUT2D eigenvalue weighted by Gasteiger charge is 2.44. The second-order valence-corrected chi connectivity index (χ2v) is 17.1. The van der Waals surface area contributed by atoms with Gasteiger partial charge >= 0.3 is 0 Å². The number of ether oxygens (including phenoxy) is 3. The lowest BCUT2D eigenvalue weighted by atomic mass is 9.99. The van der Waals surface area contributed by atoms with Crippen molar-refractivity contribution in [2.24, 2.45) is 15.2 Å². The Balaban J connectivity index is 0.869. The minimum absolute atomic E-state index is 0.00766. The fraction of sp³-hybridized carbons (Fsp3) is 0.311. The van der Waals surface area contributed by atoms with E-state index in [1.54, 1.807) is 11.3 Å². The molecule has 3 aliphatic rings. The third kappa shape index (κ3) is 8.88. The zero-order valence-corrected chi connectivity index (χ0v) is 37.5. The molecule has 5 aromatic rings. The number of aryl methyl sites for hydroxylation is 2. The zero-order valence-electron chi connectivity index (χ0n) is 35.9. The summed E-state index contributed by atoms with van der Waals surface area (Å²) in [4.78, 5) is 83.9. The number of fused-ring (bicyclic) bond motifs is 4. The number of Topliss-reactive ketones (excluding diaryl/α,β-unsaturated/α-hetero) is 1. The van der Waals surface area contributed by atoms with Crippen LogP contribution in [0.1, 0.15) is 92.1 Å². The Labute approximate surface area is 381 Å². The summed E-state index contributed by atoms with van der Waals surface area (Å²) in [5.74, 6) is -1.15. The number of ketones is 1. The number of azo groups is 1. The molecule has 1 saturated heterocycles. The number of hydrogen-bond donors (Lipinski definition) is 2. The number of piperidine rings is 1. The largest absolute Gasteiger partial charge is 0.493 e. The predicted octanol–water partition coefficient (Wildman–Crippen LogP) is 6.57. The van der Waals surface area contributed by atoms with Crippen molar-refractivity contribution >= 4 is 75.3 Å². The highest BCUT2D eigenvalue weighted by atomic mass is 35.5. The van der Waals surface area contributed by atoms with Gasteiger partial charge in [-0.15, -0.1) is 21.5 Å². The van der Waals surface area contributed by atoms with Crippen molar-refractivity contribution in [3.8, 4) is 22.2 Å². The first-order valence-corrected chi connectivity index (χ1v) is 21.8. The van der Waals surface area contributed by atoms with Crippen molar-refractivity contribution in [2.45, 2.75) is 65.0 Å². The number of amides is 5. The van der Waals surface area contributed by atoms with Crippen LogP contribution in [0.25, 0.3) is 5.00 Å². The molecule has 2 N–H and O–H groups in total. The number of imide groups is 2. The average Bonchev–Trinajstić information content (AvgIpc) is 3.86. The van der Waals surface area contributed by atoms with E-state index in [-0.39, 0.29) is 84.4 Å². The number of carbonyl (C=O) groups excluding carboxylic acids is 6. The molecule has 0 saturated carbocycles. The minimum atomic E-state index is -1.09. The Morgan fingerprint density at radius 3 is 2.34 bits per heavy atom. The molecule has 2 atom stereocenters. The van der Waals surface area contributed by atoms with Crippen molar-refractivity contribution in [1.82, 2.24) is 30.3 Å². The maximum atomic E-state index is 13.5. The summed E-state index contributed by atoms with van der Waals surface area (Å²) in [5, 5.41) is 23.8. The van der Waals surface area contributed by atoms with Gasteiger partial charge in [-0.25, -0.2) is 0 Å². The van der Waals surface area contributed by atoms with E-state index in [0.29, 0.717) is 23.1 Å². The van der Waals surface area contributed by atoms with E-state index in [4.69, 9.17) is 30.8 Å². The van der Waals surface area contributed by atoms with Gasteiger partial charge in [0.25, 0.3) is 17.7 Å². The number of rotatable bonds is 15. The number of aromatic nitrogens is 3. The number of carbonyl (C=O) groups is 6. The van der Waals surface area contributed by atoms with Gasteiger partial charge < -0.3 is 19.5 Å². The Hall–Kier alpha value is -7.12. The van der Waals surface area contributed by atoms with Gasteiger partial charge in [-0.1, -0.05) is 23.7 Å². The Bertz CT molecular complexity index is 2830. The maximum Gasteiger partial charge on any atom is 0.262 e. The molecule has 3 aliphatic heterocycles. The lowest BCUT2D eigenvalue weighted by Crippen LogP contribution is -2.54. The summed E-state index contributed by atoms with van der Waals surface area (Å²) in [6.45, 7) is 5.85. The molecule has 0 aliphatic carbocycles. The van der Waals surface area contributed by atoms with Crippen LogP contribution in [0, 0.1) is 20.8 Å². The van der Waals surface area contributed by atoms with Crippen molar-refractivity contribution in [3.05, 3.63) is 104 Å². The van der Waals surface area contributed by atoms with Crippen LogP contribution < -0.4 is 24.8 Å². The number of hydrogen-bond acceptors (Lipinski definition) is 15. The molecule has 20 heteroatoms.